The summed E-state index contributed by atoms with van der Waals surface area (Å²) in [5.41, 5.74) is -0.334. The summed E-state index contributed by atoms with van der Waals surface area (Å²) in [4.78, 5) is 13.3. The summed E-state index contributed by atoms with van der Waals surface area (Å²) in [5, 5.41) is 0. The van der Waals surface area contributed by atoms with Crippen LogP contribution in [0.4, 0.5) is 0 Å². The highest BCUT2D eigenvalue weighted by Gasteiger charge is 2.38. The minimum Gasteiger partial charge on any atom is -0.354 e. The summed E-state index contributed by atoms with van der Waals surface area (Å²) in [6.45, 7) is 7.30. The van der Waals surface area contributed by atoms with Gasteiger partial charge in [-0.15, -0.1) is 0 Å². The molecule has 0 saturated carbocycles. The van der Waals surface area contributed by atoms with Gasteiger partial charge in [-0.1, -0.05) is 26.2 Å². The Morgan fingerprint density at radius 3 is 2.73 bits per heavy atom. The van der Waals surface area contributed by atoms with Crippen LogP contribution in [0.2, 0.25) is 0 Å². The molecule has 0 aromatic heterocycles. The first kappa shape index (κ1) is 12.5. The van der Waals surface area contributed by atoms with E-state index < -0.39 is 0 Å². The third kappa shape index (κ3) is 3.20. The minimum atomic E-state index is -0.334. The largest absolute Gasteiger partial charge is 0.354 e. The third-order valence-electron chi connectivity index (χ3n) is 3.17. The van der Waals surface area contributed by atoms with Crippen LogP contribution in [0.25, 0.3) is 0 Å². The fraction of sp³-hybridized carbons (Fsp3) is 0.917. The first-order chi connectivity index (χ1) is 7.10. The Kier molecular flexibility index (Phi) is 4.58. The maximum Gasteiger partial charge on any atom is 0.221 e. The van der Waals surface area contributed by atoms with E-state index in [2.05, 4.69) is 6.92 Å². The second-order valence-electron chi connectivity index (χ2n) is 4.50. The molecule has 0 radical (unpaired) electrons. The molecule has 1 fully saturated rings. The van der Waals surface area contributed by atoms with Crippen molar-refractivity contribution in [2.45, 2.75) is 58.6 Å². The second-order valence-corrected chi connectivity index (χ2v) is 4.50. The molecular weight excluding hydrogens is 190 g/mol. The van der Waals surface area contributed by atoms with Crippen molar-refractivity contribution in [3.8, 4) is 0 Å². The topological polar surface area (TPSA) is 29.5 Å². The number of hydrogen-bond donors (Lipinski definition) is 0. The van der Waals surface area contributed by atoms with E-state index in [-0.39, 0.29) is 11.6 Å². The first-order valence-electron chi connectivity index (χ1n) is 6.02. The van der Waals surface area contributed by atoms with Gasteiger partial charge in [0, 0.05) is 13.5 Å². The second kappa shape index (κ2) is 5.50. The fourth-order valence-electron chi connectivity index (χ4n) is 2.25. The van der Waals surface area contributed by atoms with Gasteiger partial charge in [-0.3, -0.25) is 4.79 Å². The van der Waals surface area contributed by atoms with Crippen molar-refractivity contribution in [2.24, 2.45) is 0 Å². The predicted molar refractivity (Wildman–Crippen MR) is 60.5 cm³/mol. The molecule has 1 saturated heterocycles. The molecule has 1 amide bonds. The van der Waals surface area contributed by atoms with Crippen molar-refractivity contribution in [1.29, 1.82) is 0 Å². The molecule has 15 heavy (non-hydrogen) atoms. The minimum absolute atomic E-state index is 0.130. The van der Waals surface area contributed by atoms with Crippen molar-refractivity contribution >= 4 is 5.91 Å². The number of hydrogen-bond acceptors (Lipinski definition) is 2. The highest BCUT2D eigenvalue weighted by atomic mass is 16.5. The Labute approximate surface area is 92.8 Å². The average molecular weight is 213 g/mol. The highest BCUT2D eigenvalue weighted by molar-refractivity contribution is 5.74. The molecular formula is C12H23NO2. The molecule has 3 heteroatoms. The molecule has 1 aliphatic rings. The molecule has 1 atom stereocenters. The number of carbonyl (C=O) groups is 1. The monoisotopic (exact) mass is 213 g/mol. The van der Waals surface area contributed by atoms with E-state index >= 15 is 0 Å². The van der Waals surface area contributed by atoms with E-state index in [1.54, 1.807) is 6.92 Å². The maximum absolute atomic E-state index is 11.4. The van der Waals surface area contributed by atoms with Crippen LogP contribution in [0, 0.1) is 0 Å². The predicted octanol–water partition coefficient (Wildman–Crippen LogP) is 2.55. The molecule has 0 aliphatic carbocycles. The summed E-state index contributed by atoms with van der Waals surface area (Å²) in [6.07, 6.45) is 5.87. The third-order valence-corrected chi connectivity index (χ3v) is 3.17. The Morgan fingerprint density at radius 1 is 1.40 bits per heavy atom. The number of unbranched alkanes of at least 4 members (excludes halogenated alkanes) is 3. The molecule has 3 nitrogen and oxygen atoms in total. The van der Waals surface area contributed by atoms with Crippen LogP contribution in [0.15, 0.2) is 0 Å². The number of nitrogens with zero attached hydrogens (tertiary/aromatic N) is 1. The summed E-state index contributed by atoms with van der Waals surface area (Å²) < 4.78 is 5.70. The van der Waals surface area contributed by atoms with E-state index in [4.69, 9.17) is 4.74 Å². The van der Waals surface area contributed by atoms with Crippen LogP contribution in [-0.2, 0) is 9.53 Å². The van der Waals surface area contributed by atoms with Crippen LogP contribution in [0.3, 0.4) is 0 Å². The summed E-state index contributed by atoms with van der Waals surface area (Å²) in [7, 11) is 0. The Balaban J connectivity index is 2.39. The average Bonchev–Trinajstić information content (AvgIpc) is 2.56. The van der Waals surface area contributed by atoms with Gasteiger partial charge in [-0.2, -0.15) is 0 Å². The molecule has 0 N–H and O–H groups in total. The fourth-order valence-corrected chi connectivity index (χ4v) is 2.25. The number of ether oxygens (including phenoxy) is 1. The molecule has 0 aromatic carbocycles. The number of rotatable bonds is 5. The van der Waals surface area contributed by atoms with Crippen molar-refractivity contribution in [1.82, 2.24) is 4.90 Å². The van der Waals surface area contributed by atoms with Gasteiger partial charge in [-0.05, 0) is 19.8 Å². The van der Waals surface area contributed by atoms with Crippen LogP contribution in [0.1, 0.15) is 52.9 Å². The standard InChI is InChI=1S/C12H23NO2/c1-4-5-6-7-8-12(3)13(11(2)14)9-10-15-12/h4-10H2,1-3H3. The Morgan fingerprint density at radius 2 is 2.13 bits per heavy atom. The smallest absolute Gasteiger partial charge is 0.221 e. The van der Waals surface area contributed by atoms with Crippen LogP contribution < -0.4 is 0 Å². The quantitative estimate of drug-likeness (QED) is 0.657. The van der Waals surface area contributed by atoms with Gasteiger partial charge >= 0.3 is 0 Å². The van der Waals surface area contributed by atoms with E-state index in [9.17, 15) is 4.79 Å². The van der Waals surface area contributed by atoms with Crippen molar-refractivity contribution in [3.63, 3.8) is 0 Å². The number of carbonyl (C=O) groups excluding carboxylic acids is 1. The summed E-state index contributed by atoms with van der Waals surface area (Å²) in [6, 6.07) is 0. The van der Waals surface area contributed by atoms with Gasteiger partial charge in [0.15, 0.2) is 0 Å². The summed E-state index contributed by atoms with van der Waals surface area (Å²) in [5.74, 6) is 0.130. The lowest BCUT2D eigenvalue weighted by atomic mass is 10.0. The van der Waals surface area contributed by atoms with Crippen molar-refractivity contribution < 1.29 is 9.53 Å². The number of amides is 1. The van der Waals surface area contributed by atoms with Crippen LogP contribution >= 0.6 is 0 Å². The van der Waals surface area contributed by atoms with Crippen molar-refractivity contribution in [3.05, 3.63) is 0 Å². The van der Waals surface area contributed by atoms with Gasteiger partial charge in [0.25, 0.3) is 0 Å². The lowest BCUT2D eigenvalue weighted by Gasteiger charge is -2.33. The van der Waals surface area contributed by atoms with Crippen LogP contribution in [-0.4, -0.2) is 29.7 Å². The van der Waals surface area contributed by atoms with Crippen molar-refractivity contribution in [2.75, 3.05) is 13.2 Å². The zero-order chi connectivity index (χ0) is 11.3. The molecule has 1 rings (SSSR count). The lowest BCUT2D eigenvalue weighted by molar-refractivity contribution is -0.145. The molecule has 0 bridgehead atoms. The SMILES string of the molecule is CCCCCCC1(C)OCCN1C(C)=O. The van der Waals surface area contributed by atoms with Gasteiger partial charge in [-0.25, -0.2) is 0 Å². The maximum atomic E-state index is 11.4. The van der Waals surface area contributed by atoms with Gasteiger partial charge in [0.1, 0.15) is 5.72 Å². The molecule has 1 unspecified atom stereocenters. The summed E-state index contributed by atoms with van der Waals surface area (Å²) >= 11 is 0. The van der Waals surface area contributed by atoms with Gasteiger partial charge < -0.3 is 9.64 Å². The molecule has 0 aromatic rings. The van der Waals surface area contributed by atoms with E-state index in [1.165, 1.54) is 19.3 Å². The van der Waals surface area contributed by atoms with E-state index in [0.717, 1.165) is 19.4 Å². The normalized spacial score (nSPS) is 25.9. The zero-order valence-corrected chi connectivity index (χ0v) is 10.2. The molecule has 88 valence electrons. The van der Waals surface area contributed by atoms with E-state index in [0.29, 0.717) is 6.61 Å². The molecule has 1 heterocycles. The lowest BCUT2D eigenvalue weighted by Crippen LogP contribution is -2.44. The highest BCUT2D eigenvalue weighted by Crippen LogP contribution is 2.28. The molecule has 1 aliphatic heterocycles. The molecule has 0 spiro atoms. The zero-order valence-electron chi connectivity index (χ0n) is 10.2. The Hall–Kier alpha value is -0.570. The Bertz CT molecular complexity index is 218. The van der Waals surface area contributed by atoms with Crippen LogP contribution in [0.5, 0.6) is 0 Å². The first-order valence-corrected chi connectivity index (χ1v) is 6.02. The van der Waals surface area contributed by atoms with Gasteiger partial charge in [0.05, 0.1) is 6.61 Å². The van der Waals surface area contributed by atoms with E-state index in [1.807, 2.05) is 11.8 Å². The van der Waals surface area contributed by atoms with Gasteiger partial charge in [0.2, 0.25) is 5.91 Å².